The molecule has 0 radical (unpaired) electrons. The molecule has 0 spiro atoms. The van der Waals surface area contributed by atoms with Crippen LogP contribution in [0.4, 0.5) is 4.39 Å². The van der Waals surface area contributed by atoms with E-state index in [1.807, 2.05) is 30.5 Å². The first-order valence-electron chi connectivity index (χ1n) is 9.31. The summed E-state index contributed by atoms with van der Waals surface area (Å²) in [5, 5.41) is 6.50. The van der Waals surface area contributed by atoms with Gasteiger partial charge in [0.2, 0.25) is 4.80 Å². The molecule has 1 fully saturated rings. The molecule has 2 heterocycles. The smallest absolute Gasteiger partial charge is 0.206 e. The fourth-order valence-corrected chi connectivity index (χ4v) is 4.26. The number of thiazole rings is 1. The Bertz CT molecular complexity index is 1010. The SMILES string of the molecule is Cc1ccc(C=Nn2c(-c3ccccc3F)csc2=NC2CCCCC2)o1. The van der Waals surface area contributed by atoms with E-state index in [0.29, 0.717) is 23.1 Å². The molecule has 0 bridgehead atoms. The van der Waals surface area contributed by atoms with Gasteiger partial charge < -0.3 is 4.42 Å². The van der Waals surface area contributed by atoms with Crippen LogP contribution in [-0.4, -0.2) is 16.9 Å². The van der Waals surface area contributed by atoms with Gasteiger partial charge >= 0.3 is 0 Å². The van der Waals surface area contributed by atoms with Crippen molar-refractivity contribution in [2.75, 3.05) is 0 Å². The number of aromatic nitrogens is 1. The zero-order valence-electron chi connectivity index (χ0n) is 15.3. The number of hydrogen-bond acceptors (Lipinski definition) is 4. The zero-order chi connectivity index (χ0) is 18.6. The molecule has 0 atom stereocenters. The topological polar surface area (TPSA) is 42.8 Å². The van der Waals surface area contributed by atoms with Crippen molar-refractivity contribution in [3.05, 3.63) is 63.9 Å². The maximum Gasteiger partial charge on any atom is 0.206 e. The standard InChI is InChI=1S/C21H22FN3OS/c1-15-11-12-17(26-15)13-23-25-20(18-9-5-6-10-19(18)22)14-27-21(25)24-16-7-3-2-4-8-16/h5-6,9-14,16H,2-4,7-8H2,1H3. The van der Waals surface area contributed by atoms with Crippen molar-refractivity contribution in [1.82, 2.24) is 4.68 Å². The minimum Gasteiger partial charge on any atom is -0.460 e. The van der Waals surface area contributed by atoms with Gasteiger partial charge in [0.1, 0.15) is 17.3 Å². The Balaban J connectivity index is 1.78. The lowest BCUT2D eigenvalue weighted by Crippen LogP contribution is -2.19. The summed E-state index contributed by atoms with van der Waals surface area (Å²) in [7, 11) is 0. The van der Waals surface area contributed by atoms with Gasteiger partial charge in [-0.1, -0.05) is 31.4 Å². The Kier molecular flexibility index (Phi) is 5.34. The van der Waals surface area contributed by atoms with Crippen molar-refractivity contribution in [3.63, 3.8) is 0 Å². The average Bonchev–Trinajstić information content (AvgIpc) is 3.27. The highest BCUT2D eigenvalue weighted by molar-refractivity contribution is 7.07. The molecule has 0 saturated heterocycles. The summed E-state index contributed by atoms with van der Waals surface area (Å²) in [6.45, 7) is 1.89. The Hall–Kier alpha value is -2.47. The van der Waals surface area contributed by atoms with Crippen molar-refractivity contribution >= 4 is 17.6 Å². The molecule has 140 valence electrons. The van der Waals surface area contributed by atoms with Gasteiger partial charge in [-0.05, 0) is 44.0 Å². The van der Waals surface area contributed by atoms with Crippen LogP contribution >= 0.6 is 11.3 Å². The highest BCUT2D eigenvalue weighted by Gasteiger charge is 2.15. The minimum absolute atomic E-state index is 0.266. The van der Waals surface area contributed by atoms with Gasteiger partial charge in [-0.25, -0.2) is 9.07 Å². The van der Waals surface area contributed by atoms with Crippen LogP contribution in [0.2, 0.25) is 0 Å². The number of aryl methyl sites for hydroxylation is 1. The fourth-order valence-electron chi connectivity index (χ4n) is 3.36. The van der Waals surface area contributed by atoms with Gasteiger partial charge in [0.05, 0.1) is 18.0 Å². The van der Waals surface area contributed by atoms with Gasteiger partial charge in [0, 0.05) is 10.9 Å². The molecule has 0 amide bonds. The van der Waals surface area contributed by atoms with E-state index in [1.165, 1.54) is 36.7 Å². The van der Waals surface area contributed by atoms with Crippen LogP contribution in [0.5, 0.6) is 0 Å². The third-order valence-corrected chi connectivity index (χ3v) is 5.59. The number of halogens is 1. The summed E-state index contributed by atoms with van der Waals surface area (Å²) in [4.78, 5) is 5.72. The van der Waals surface area contributed by atoms with Gasteiger partial charge in [-0.3, -0.25) is 4.99 Å². The Morgan fingerprint density at radius 1 is 1.15 bits per heavy atom. The molecule has 4 nitrogen and oxygen atoms in total. The van der Waals surface area contributed by atoms with E-state index >= 15 is 0 Å². The Labute approximate surface area is 161 Å². The molecule has 1 aliphatic rings. The van der Waals surface area contributed by atoms with Crippen molar-refractivity contribution < 1.29 is 8.81 Å². The van der Waals surface area contributed by atoms with Crippen LogP contribution < -0.4 is 4.80 Å². The number of nitrogens with zero attached hydrogens (tertiary/aromatic N) is 3. The summed E-state index contributed by atoms with van der Waals surface area (Å²) in [6, 6.07) is 10.8. The molecule has 0 unspecified atom stereocenters. The molecule has 1 saturated carbocycles. The van der Waals surface area contributed by atoms with E-state index in [-0.39, 0.29) is 5.82 Å². The fraction of sp³-hybridized carbons (Fsp3) is 0.333. The maximum absolute atomic E-state index is 14.4. The normalized spacial score (nSPS) is 16.4. The highest BCUT2D eigenvalue weighted by atomic mass is 32.1. The van der Waals surface area contributed by atoms with E-state index in [4.69, 9.17) is 9.41 Å². The lowest BCUT2D eigenvalue weighted by molar-refractivity contribution is 0.435. The number of hydrogen-bond donors (Lipinski definition) is 0. The number of rotatable bonds is 4. The molecule has 1 aliphatic carbocycles. The Morgan fingerprint density at radius 3 is 2.70 bits per heavy atom. The molecule has 2 aromatic heterocycles. The van der Waals surface area contributed by atoms with Gasteiger partial charge in [-0.15, -0.1) is 11.3 Å². The third-order valence-electron chi connectivity index (χ3n) is 4.76. The van der Waals surface area contributed by atoms with E-state index in [9.17, 15) is 4.39 Å². The quantitative estimate of drug-likeness (QED) is 0.558. The van der Waals surface area contributed by atoms with E-state index in [2.05, 4.69) is 5.10 Å². The summed E-state index contributed by atoms with van der Waals surface area (Å²) in [5.41, 5.74) is 1.22. The minimum atomic E-state index is -0.266. The maximum atomic E-state index is 14.4. The second-order valence-electron chi connectivity index (χ2n) is 6.81. The molecule has 3 aromatic rings. The lowest BCUT2D eigenvalue weighted by Gasteiger charge is -2.16. The van der Waals surface area contributed by atoms with Crippen molar-refractivity contribution in [2.45, 2.75) is 45.1 Å². The molecule has 0 aliphatic heterocycles. The predicted molar refractivity (Wildman–Crippen MR) is 107 cm³/mol. The van der Waals surface area contributed by atoms with Crippen LogP contribution in [0.15, 0.2) is 56.3 Å². The lowest BCUT2D eigenvalue weighted by atomic mass is 9.96. The van der Waals surface area contributed by atoms with Gasteiger partial charge in [0.15, 0.2) is 0 Å². The summed E-state index contributed by atoms with van der Waals surface area (Å²) in [6.07, 6.45) is 7.59. The number of furan rings is 1. The van der Waals surface area contributed by atoms with Crippen molar-refractivity contribution in [1.29, 1.82) is 0 Å². The molecule has 1 aromatic carbocycles. The molecule has 27 heavy (non-hydrogen) atoms. The second kappa shape index (κ2) is 8.05. The van der Waals surface area contributed by atoms with E-state index in [1.54, 1.807) is 23.0 Å². The van der Waals surface area contributed by atoms with Gasteiger partial charge in [0.25, 0.3) is 0 Å². The van der Waals surface area contributed by atoms with E-state index < -0.39 is 0 Å². The average molecular weight is 383 g/mol. The van der Waals surface area contributed by atoms with E-state index in [0.717, 1.165) is 23.4 Å². The molecule has 0 N–H and O–H groups in total. The molecular weight excluding hydrogens is 361 g/mol. The third kappa shape index (κ3) is 4.11. The van der Waals surface area contributed by atoms with Crippen molar-refractivity contribution in [3.8, 4) is 11.3 Å². The number of benzene rings is 1. The first kappa shape index (κ1) is 17.9. The van der Waals surface area contributed by atoms with Crippen molar-refractivity contribution in [2.24, 2.45) is 10.1 Å². The zero-order valence-corrected chi connectivity index (χ0v) is 16.1. The molecule has 4 rings (SSSR count). The summed E-state index contributed by atoms with van der Waals surface area (Å²) >= 11 is 1.50. The molecule has 6 heteroatoms. The molecular formula is C21H22FN3OS. The first-order valence-corrected chi connectivity index (χ1v) is 10.2. The van der Waals surface area contributed by atoms with Crippen LogP contribution in [0.1, 0.15) is 43.6 Å². The summed E-state index contributed by atoms with van der Waals surface area (Å²) < 4.78 is 21.7. The highest BCUT2D eigenvalue weighted by Crippen LogP contribution is 2.24. The second-order valence-corrected chi connectivity index (χ2v) is 7.65. The monoisotopic (exact) mass is 383 g/mol. The largest absolute Gasteiger partial charge is 0.460 e. The summed E-state index contributed by atoms with van der Waals surface area (Å²) in [5.74, 6) is 1.22. The van der Waals surface area contributed by atoms with Crippen LogP contribution in [0.3, 0.4) is 0 Å². The Morgan fingerprint density at radius 2 is 1.96 bits per heavy atom. The first-order chi connectivity index (χ1) is 13.2. The van der Waals surface area contributed by atoms with Crippen LogP contribution in [-0.2, 0) is 0 Å². The van der Waals surface area contributed by atoms with Crippen LogP contribution in [0, 0.1) is 12.7 Å². The predicted octanol–water partition coefficient (Wildman–Crippen LogP) is 5.37. The van der Waals surface area contributed by atoms with Gasteiger partial charge in [-0.2, -0.15) is 5.10 Å². The van der Waals surface area contributed by atoms with Crippen LogP contribution in [0.25, 0.3) is 11.3 Å².